The third kappa shape index (κ3) is 18.3. The molecular weight excluding hydrogens is 949 g/mol. The van der Waals surface area contributed by atoms with Crippen LogP contribution in [0, 0.1) is 45.3 Å². The molecule has 4 aromatic rings. The number of hydrogen-bond donors (Lipinski definition) is 0. The molecule has 0 amide bonds. The summed E-state index contributed by atoms with van der Waals surface area (Å²) in [6, 6.07) is 16.6. The standard InChI is InChI=1S/C56H79N5O3Se2/c1-4-7-10-13-16-19-22-25-28-31-34-62-50-37-47(61-48-39-52(45(41-57)42-58)65-55(48)56-49(61)40-53(66-56)46(43-59)44-60)38-51(63-35-32-29-26-23-20-17-14-11-8-5-2)54(50)64-36-33-30-27-24-21-18-15-12-9-6-3/h37-40H,4-36H2,1-3H3. The fourth-order valence-electron chi connectivity index (χ4n) is 8.70. The summed E-state index contributed by atoms with van der Waals surface area (Å²) in [7, 11) is 0. The van der Waals surface area contributed by atoms with Crippen LogP contribution in [-0.4, -0.2) is 53.4 Å². The molecule has 0 unspecified atom stereocenters. The minimum Gasteiger partial charge on any atom is -0.0654 e. The molecule has 0 fully saturated rings. The zero-order chi connectivity index (χ0) is 47.0. The zero-order valence-corrected chi connectivity index (χ0v) is 44.3. The van der Waals surface area contributed by atoms with Crippen molar-refractivity contribution in [3.8, 4) is 47.2 Å². The van der Waals surface area contributed by atoms with Gasteiger partial charge in [0.05, 0.1) is 0 Å². The molecule has 0 atom stereocenters. The predicted octanol–water partition coefficient (Wildman–Crippen LogP) is 14.2. The van der Waals surface area contributed by atoms with E-state index >= 15 is 0 Å². The second-order valence-electron chi connectivity index (χ2n) is 18.0. The summed E-state index contributed by atoms with van der Waals surface area (Å²) in [5.74, 6) is 1.98. The van der Waals surface area contributed by atoms with E-state index in [2.05, 4.69) is 61.7 Å². The molecule has 10 heteroatoms. The van der Waals surface area contributed by atoms with Gasteiger partial charge in [-0.1, -0.05) is 143 Å². The Morgan fingerprint density at radius 1 is 0.409 bits per heavy atom. The molecular formula is C56H79N5O3Se2. The molecule has 0 saturated carbocycles. The van der Waals surface area contributed by atoms with Gasteiger partial charge in [0.1, 0.15) is 0 Å². The van der Waals surface area contributed by atoms with Crippen molar-refractivity contribution >= 4 is 59.7 Å². The number of nitriles is 4. The summed E-state index contributed by atoms with van der Waals surface area (Å²) in [5, 5.41) is 39.5. The van der Waals surface area contributed by atoms with Crippen molar-refractivity contribution in [3.05, 3.63) is 32.5 Å². The van der Waals surface area contributed by atoms with E-state index in [1.165, 1.54) is 154 Å². The molecule has 1 aromatic carbocycles. The van der Waals surface area contributed by atoms with Gasteiger partial charge >= 0.3 is 270 Å². The van der Waals surface area contributed by atoms with Crippen molar-refractivity contribution in [1.82, 2.24) is 4.57 Å². The SMILES string of the molecule is CCCCCCCCCCCCOc1cc(-n2c3cc(=C(C#N)C#N)[se]c3c3[se]c(=C(C#N)C#N)cc32)cc(OCCCCCCCCCCCC)c1OCCCCCCCCCCCC. The van der Waals surface area contributed by atoms with Crippen molar-refractivity contribution in [2.75, 3.05) is 19.8 Å². The monoisotopic (exact) mass is 1030 g/mol. The summed E-state index contributed by atoms with van der Waals surface area (Å²) in [6.45, 7) is 8.53. The summed E-state index contributed by atoms with van der Waals surface area (Å²) in [6.07, 6.45) is 37.5. The fraction of sp³-hybridized carbons (Fsp3) is 0.643. The number of unbranched alkanes of at least 4 members (excludes halogenated alkanes) is 27. The van der Waals surface area contributed by atoms with Crippen LogP contribution in [0.15, 0.2) is 24.3 Å². The first-order chi connectivity index (χ1) is 32.5. The number of benzene rings is 1. The molecule has 3 heterocycles. The van der Waals surface area contributed by atoms with Gasteiger partial charge in [-0.2, -0.15) is 0 Å². The van der Waals surface area contributed by atoms with E-state index in [0.717, 1.165) is 72.0 Å². The third-order valence-corrected chi connectivity index (χ3v) is 18.1. The van der Waals surface area contributed by atoms with Crippen LogP contribution < -0.4 is 22.4 Å². The van der Waals surface area contributed by atoms with E-state index in [9.17, 15) is 21.0 Å². The van der Waals surface area contributed by atoms with E-state index < -0.39 is 0 Å². The Bertz CT molecular complexity index is 2140. The van der Waals surface area contributed by atoms with Gasteiger partial charge in [0, 0.05) is 0 Å². The van der Waals surface area contributed by atoms with Crippen LogP contribution >= 0.6 is 0 Å². The Morgan fingerprint density at radius 3 is 1.00 bits per heavy atom. The molecule has 0 N–H and O–H groups in total. The number of nitrogens with zero attached hydrogens (tertiary/aromatic N) is 5. The fourth-order valence-corrected chi connectivity index (χ4v) is 14.0. The molecule has 358 valence electrons. The van der Waals surface area contributed by atoms with Gasteiger partial charge in [-0.15, -0.1) is 0 Å². The van der Waals surface area contributed by atoms with E-state index in [1.807, 2.05) is 12.1 Å². The maximum absolute atomic E-state index is 9.87. The van der Waals surface area contributed by atoms with Crippen LogP contribution in [0.25, 0.3) is 36.4 Å². The Labute approximate surface area is 410 Å². The smallest absolute Gasteiger partial charge is 0.0654 e. The van der Waals surface area contributed by atoms with Crippen LogP contribution in [0.3, 0.4) is 0 Å². The molecule has 0 spiro atoms. The summed E-state index contributed by atoms with van der Waals surface area (Å²) < 4.78 is 26.1. The number of rotatable bonds is 37. The van der Waals surface area contributed by atoms with Crippen LogP contribution in [0.5, 0.6) is 17.2 Å². The summed E-state index contributed by atoms with van der Waals surface area (Å²) in [5.41, 5.74) is 2.96. The first kappa shape index (κ1) is 54.7. The molecule has 0 aliphatic heterocycles. The third-order valence-electron chi connectivity index (χ3n) is 12.6. The zero-order valence-electron chi connectivity index (χ0n) is 40.9. The van der Waals surface area contributed by atoms with E-state index in [0.29, 0.717) is 37.1 Å². The van der Waals surface area contributed by atoms with Gasteiger partial charge in [0.15, 0.2) is 0 Å². The average Bonchev–Trinajstić information content (AvgIpc) is 4.02. The van der Waals surface area contributed by atoms with Crippen molar-refractivity contribution in [2.24, 2.45) is 0 Å². The normalized spacial score (nSPS) is 11.1. The van der Waals surface area contributed by atoms with Crippen LogP contribution in [0.1, 0.15) is 213 Å². The topological polar surface area (TPSA) is 128 Å². The Kier molecular flexibility index (Phi) is 27.8. The van der Waals surface area contributed by atoms with Gasteiger partial charge in [0.25, 0.3) is 0 Å². The van der Waals surface area contributed by atoms with Gasteiger partial charge in [-0.3, -0.25) is 0 Å². The van der Waals surface area contributed by atoms with E-state index in [1.54, 1.807) is 0 Å². The van der Waals surface area contributed by atoms with E-state index in [4.69, 9.17) is 14.2 Å². The Morgan fingerprint density at radius 2 is 0.697 bits per heavy atom. The van der Waals surface area contributed by atoms with Crippen molar-refractivity contribution in [3.63, 3.8) is 0 Å². The Hall–Kier alpha value is -3.88. The summed E-state index contributed by atoms with van der Waals surface area (Å²) in [4.78, 5) is 0. The first-order valence-electron chi connectivity index (χ1n) is 26.0. The maximum atomic E-state index is 9.87. The van der Waals surface area contributed by atoms with Crippen molar-refractivity contribution in [2.45, 2.75) is 213 Å². The second kappa shape index (κ2) is 33.6. The predicted molar refractivity (Wildman–Crippen MR) is 275 cm³/mol. The molecule has 0 aliphatic rings. The molecule has 0 bridgehead atoms. The second-order valence-corrected chi connectivity index (χ2v) is 22.5. The molecule has 8 nitrogen and oxygen atoms in total. The van der Waals surface area contributed by atoms with Gasteiger partial charge in [0.2, 0.25) is 0 Å². The molecule has 0 aliphatic carbocycles. The molecule has 0 radical (unpaired) electrons. The molecule has 3 aromatic heterocycles. The molecule has 0 saturated heterocycles. The van der Waals surface area contributed by atoms with Gasteiger partial charge in [-0.05, 0) is 0 Å². The van der Waals surface area contributed by atoms with Crippen LogP contribution in [0.2, 0.25) is 0 Å². The molecule has 4 rings (SSSR count). The van der Waals surface area contributed by atoms with Crippen molar-refractivity contribution in [1.29, 1.82) is 21.0 Å². The van der Waals surface area contributed by atoms with E-state index in [-0.39, 0.29) is 40.2 Å². The first-order valence-corrected chi connectivity index (χ1v) is 29.5. The quantitative estimate of drug-likeness (QED) is 0.0325. The number of hydrogen-bond acceptors (Lipinski definition) is 7. The average molecular weight is 1030 g/mol. The number of aromatic nitrogens is 1. The van der Waals surface area contributed by atoms with Gasteiger partial charge < -0.3 is 0 Å². The Balaban J connectivity index is 1.65. The minimum atomic E-state index is -0.280. The minimum absolute atomic E-state index is 0.128. The number of ether oxygens (including phenoxy) is 3. The van der Waals surface area contributed by atoms with Crippen LogP contribution in [0.4, 0.5) is 0 Å². The van der Waals surface area contributed by atoms with Crippen LogP contribution in [-0.2, 0) is 0 Å². The van der Waals surface area contributed by atoms with Crippen molar-refractivity contribution < 1.29 is 14.2 Å². The summed E-state index contributed by atoms with van der Waals surface area (Å²) >= 11 is -0.560. The molecule has 66 heavy (non-hydrogen) atoms. The van der Waals surface area contributed by atoms with Gasteiger partial charge in [-0.25, -0.2) is 0 Å². The number of fused-ring (bicyclic) bond motifs is 3.